The van der Waals surface area contributed by atoms with Crippen molar-refractivity contribution in [2.45, 2.75) is 190 Å². The van der Waals surface area contributed by atoms with Crippen molar-refractivity contribution < 1.29 is 76.6 Å². The van der Waals surface area contributed by atoms with E-state index in [1.54, 1.807) is 24.3 Å². The Bertz CT molecular complexity index is 2640. The van der Waals surface area contributed by atoms with E-state index in [1.165, 1.54) is 6.92 Å². The monoisotopic (exact) mass is 1440 g/mol. The largest absolute Gasteiger partial charge is 0.508 e. The molecule has 0 aromatic heterocycles. The second kappa shape index (κ2) is 41.2. The van der Waals surface area contributed by atoms with Gasteiger partial charge in [0.25, 0.3) is 0 Å². The molecular formula is C67H111InN10O17. The van der Waals surface area contributed by atoms with Crippen molar-refractivity contribution in [2.75, 3.05) is 98.2 Å². The Labute approximate surface area is 571 Å². The molecule has 3 fully saturated rings. The Kier molecular flexibility index (Phi) is 35.3. The number of aromatic hydroxyl groups is 1. The van der Waals surface area contributed by atoms with Gasteiger partial charge in [0.2, 0.25) is 17.7 Å². The number of phenolic OH excluding ortho intramolecular Hbond substituents is 1. The molecule has 3 heterocycles. The number of unbranched alkanes of at least 4 members (excludes halogenated alkanes) is 2. The van der Waals surface area contributed by atoms with E-state index in [0.717, 1.165) is 31.2 Å². The van der Waals surface area contributed by atoms with Crippen molar-refractivity contribution in [3.8, 4) is 5.75 Å². The van der Waals surface area contributed by atoms with Crippen molar-refractivity contribution >= 4 is 88.0 Å². The maximum absolute atomic E-state index is 14.2. The van der Waals surface area contributed by atoms with Crippen LogP contribution in [0.1, 0.15) is 177 Å². The summed E-state index contributed by atoms with van der Waals surface area (Å²) in [5, 5.41) is 45.6. The minimum absolute atomic E-state index is 0.00319. The van der Waals surface area contributed by atoms with Gasteiger partial charge >= 0.3 is 209 Å². The third-order valence-electron chi connectivity index (χ3n) is 17.8. The zero-order valence-corrected chi connectivity index (χ0v) is 61.2. The number of carbonyl (C=O) groups excluding carboxylic acids is 9. The number of rotatable bonds is 38. The van der Waals surface area contributed by atoms with Crippen molar-refractivity contribution in [1.82, 2.24) is 51.5 Å². The number of hydrogen-bond acceptors (Lipinski definition) is 19. The van der Waals surface area contributed by atoms with Crippen molar-refractivity contribution in [3.05, 3.63) is 29.8 Å². The van der Waals surface area contributed by atoms with Crippen LogP contribution in [0.2, 0.25) is 0 Å². The fourth-order valence-electron chi connectivity index (χ4n) is 12.4. The average molecular weight is 1440 g/mol. The van der Waals surface area contributed by atoms with Crippen molar-refractivity contribution in [3.63, 3.8) is 0 Å². The smallest absolute Gasteiger partial charge is 0.326 e. The van der Waals surface area contributed by atoms with Gasteiger partial charge in [-0.15, -0.1) is 0 Å². The molecule has 1 aromatic rings. The first-order valence-electron chi connectivity index (χ1n) is 34.1. The molecule has 0 radical (unpaired) electrons. The third kappa shape index (κ3) is 34.1. The van der Waals surface area contributed by atoms with Crippen LogP contribution in [0.3, 0.4) is 0 Å². The molecule has 3 aliphatic heterocycles. The number of aliphatic carboxylic acids is 2. The van der Waals surface area contributed by atoms with Crippen LogP contribution in [0, 0.1) is 34.0 Å². The maximum atomic E-state index is 14.2. The molecule has 3 saturated heterocycles. The summed E-state index contributed by atoms with van der Waals surface area (Å²) in [6, 6.07) is 3.48. The Morgan fingerprint density at radius 1 is 0.547 bits per heavy atom. The number of amides is 6. The number of nitrogens with zero attached hydrogens (tertiary/aromatic N) is 4. The minimum Gasteiger partial charge on any atom is -0.508 e. The van der Waals surface area contributed by atoms with Crippen LogP contribution < -0.4 is 31.9 Å². The van der Waals surface area contributed by atoms with Crippen molar-refractivity contribution in [2.24, 2.45) is 34.0 Å². The number of carboxylic acid groups (broad SMARTS) is 2. The zero-order valence-electron chi connectivity index (χ0n) is 58.0. The first kappa shape index (κ1) is 81.3. The molecule has 0 spiro atoms. The molecule has 95 heavy (non-hydrogen) atoms. The van der Waals surface area contributed by atoms with Crippen LogP contribution in [0.4, 0.5) is 4.79 Å². The predicted octanol–water partition coefficient (Wildman–Crippen LogP) is 4.61. The average Bonchev–Trinajstić information content (AvgIpc) is 1.89. The Morgan fingerprint density at radius 2 is 0.989 bits per heavy atom. The maximum Gasteiger partial charge on any atom is 0.326 e. The summed E-state index contributed by atoms with van der Waals surface area (Å²) in [7, 11) is 0. The van der Waals surface area contributed by atoms with Crippen LogP contribution in [-0.4, -0.2) is 233 Å². The molecule has 28 heteroatoms. The minimum atomic E-state index is -4.25. The number of ketones is 1. The molecule has 0 aliphatic carbocycles. The Hall–Kier alpha value is -6.10. The third-order valence-corrected chi connectivity index (χ3v) is 21.7. The van der Waals surface area contributed by atoms with E-state index in [0.29, 0.717) is 143 Å². The quantitative estimate of drug-likeness (QED) is 0.0408. The second-order valence-electron chi connectivity index (χ2n) is 28.8. The van der Waals surface area contributed by atoms with Gasteiger partial charge < -0.3 is 41.9 Å². The standard InChI is InChI=1S/C67H114N10O17.In/c1-10-49(60(89)69-29-12-11-19-54(63(92)93)73-64(94)72-53(47(2)78)24-25-56(81)82)40-66(6,7)26-16-18-51(62(91)71-42-48-20-22-52(79)23-21-48)41-67(8,9)27-15-17-50(39-65(3,4)5)61(90)70-30-14-13-28-68-55(80)43-74-31-33-75(44-57(83)84)35-37-77(46-59(87)88)38-36-76(34-32-74)45-58(85)86;/h20-23,49-51,53-54,79H,10-19,24-46H2,1-9H3,(H,68,80)(H,69,89)(H,70,90)(H,71,91)(H,81,82)(H,83,84)(H,85,86)(H,87,88)(H,92,93)(H2,72,73,94);/q;+3/p-3/t49?,50?,51?,53-,54-;/m0./s1. The summed E-state index contributed by atoms with van der Waals surface area (Å²) < 4.78 is 16.4. The molecule has 1 aromatic carbocycles. The first-order chi connectivity index (χ1) is 44.8. The normalized spacial score (nSPS) is 19.2. The molecule has 4 bridgehead atoms. The number of benzene rings is 1. The van der Waals surface area contributed by atoms with Gasteiger partial charge in [-0.3, -0.25) is 24.0 Å². The molecular weight excluding hydrogens is 1330 g/mol. The van der Waals surface area contributed by atoms with Gasteiger partial charge in [0, 0.05) is 43.8 Å². The number of urea groups is 1. The van der Waals surface area contributed by atoms with Crippen LogP contribution in [0.5, 0.6) is 5.75 Å². The van der Waals surface area contributed by atoms with E-state index < -0.39 is 76.5 Å². The Balaban J connectivity index is 1.26. The number of Topliss-reactive ketones (excluding diaryl/α,β-unsaturated/α-hetero) is 1. The van der Waals surface area contributed by atoms with Gasteiger partial charge in [-0.05, 0) is 124 Å². The summed E-state index contributed by atoms with van der Waals surface area (Å²) in [6.45, 7) is 23.4. The molecule has 27 nitrogen and oxygen atoms in total. The fraction of sp³-hybridized carbons (Fsp3) is 0.746. The fourth-order valence-corrected chi connectivity index (χ4v) is 15.3. The molecule has 7 atom stereocenters. The van der Waals surface area contributed by atoms with E-state index >= 15 is 0 Å². The van der Waals surface area contributed by atoms with Gasteiger partial charge in [0.15, 0.2) is 5.78 Å². The molecule has 3 aliphatic rings. The van der Waals surface area contributed by atoms with Gasteiger partial charge in [-0.1, -0.05) is 80.4 Å². The number of fused-ring (bicyclic) bond motifs is 7. The molecule has 6 amide bonds. The molecule has 9 N–H and O–H groups in total. The summed E-state index contributed by atoms with van der Waals surface area (Å²) in [6.07, 6.45) is 8.53. The Morgan fingerprint density at radius 3 is 1.46 bits per heavy atom. The van der Waals surface area contributed by atoms with Gasteiger partial charge in [-0.2, -0.15) is 0 Å². The summed E-state index contributed by atoms with van der Waals surface area (Å²) in [5.74, 6) is -5.72. The topological polar surface area (TPSA) is 361 Å². The molecule has 0 saturated carbocycles. The van der Waals surface area contributed by atoms with E-state index in [1.807, 2.05) is 26.5 Å². The summed E-state index contributed by atoms with van der Waals surface area (Å²) in [5.41, 5.74) is 0.217. The van der Waals surface area contributed by atoms with Crippen LogP contribution >= 0.6 is 0 Å². The SMILES string of the molecule is CCC(CC(C)(C)CCCC(CC(C)(C)CCCC(CC(C)(C)C)C(=O)NCCCCNC(=O)CN1CCN2CCN3CCN(CC1)CC(=O)[O][In]([O]C(=O)C2)[O]C(=O)C3)C(=O)NCc1ccc(O)cc1)C(=O)NCCCC[C@H](NC(=O)N[C@@H](CCC(=O)O)C(C)=O)C(=O)O. The van der Waals surface area contributed by atoms with E-state index in [2.05, 4.69) is 80.4 Å². The van der Waals surface area contributed by atoms with Gasteiger partial charge in [0.05, 0.1) is 6.04 Å². The number of carbonyl (C=O) groups is 11. The number of hydrogen-bond donors (Lipinski definition) is 9. The van der Waals surface area contributed by atoms with Crippen LogP contribution in [0.25, 0.3) is 0 Å². The molecule has 534 valence electrons. The van der Waals surface area contributed by atoms with E-state index in [9.17, 15) is 63.0 Å². The van der Waals surface area contributed by atoms with Gasteiger partial charge in [-0.25, -0.2) is 9.59 Å². The summed E-state index contributed by atoms with van der Waals surface area (Å²) in [4.78, 5) is 149. The van der Waals surface area contributed by atoms with Gasteiger partial charge in [0.1, 0.15) is 11.8 Å². The van der Waals surface area contributed by atoms with Crippen LogP contribution in [-0.2, 0) is 63.1 Å². The number of nitrogens with one attached hydrogen (secondary N) is 6. The van der Waals surface area contributed by atoms with Crippen molar-refractivity contribution in [1.29, 1.82) is 0 Å². The number of carboxylic acids is 2. The van der Waals surface area contributed by atoms with Crippen LogP contribution in [0.15, 0.2) is 24.3 Å². The van der Waals surface area contributed by atoms with E-state index in [-0.39, 0.29) is 109 Å². The predicted molar refractivity (Wildman–Crippen MR) is 356 cm³/mol. The molecule has 5 unspecified atom stereocenters. The molecule has 4 rings (SSSR count). The summed E-state index contributed by atoms with van der Waals surface area (Å²) >= 11 is -4.25. The number of phenols is 1. The second-order valence-corrected chi connectivity index (χ2v) is 32.4. The van der Waals surface area contributed by atoms with E-state index in [4.69, 9.17) is 13.7 Å². The first-order valence-corrected chi connectivity index (χ1v) is 38.2. The zero-order chi connectivity index (χ0) is 70.3.